The number of pyridine rings is 1. The zero-order chi connectivity index (χ0) is 21.4. The summed E-state index contributed by atoms with van der Waals surface area (Å²) in [5.41, 5.74) is 5.60. The lowest BCUT2D eigenvalue weighted by molar-refractivity contribution is 0.0728. The van der Waals surface area contributed by atoms with Gasteiger partial charge in [0.05, 0.1) is 30.1 Å². The summed E-state index contributed by atoms with van der Waals surface area (Å²) >= 11 is 6.31. The first-order chi connectivity index (χ1) is 15.1. The zero-order valence-electron chi connectivity index (χ0n) is 16.7. The van der Waals surface area contributed by atoms with Gasteiger partial charge in [-0.05, 0) is 36.4 Å². The van der Waals surface area contributed by atoms with Crippen LogP contribution in [0.1, 0.15) is 21.7 Å². The van der Waals surface area contributed by atoms with Gasteiger partial charge in [0.2, 0.25) is 0 Å². The number of hydrogen-bond donors (Lipinski definition) is 2. The fraction of sp³-hybridized carbons (Fsp3) is 0.182. The molecule has 3 aromatic heterocycles. The molecule has 0 saturated heterocycles. The van der Waals surface area contributed by atoms with Gasteiger partial charge in [0.15, 0.2) is 0 Å². The van der Waals surface area contributed by atoms with E-state index in [0.29, 0.717) is 35.9 Å². The highest BCUT2D eigenvalue weighted by molar-refractivity contribution is 6.33. The third kappa shape index (κ3) is 3.55. The Kier molecular flexibility index (Phi) is 4.91. The molecule has 5 rings (SSSR count). The number of aromatic amines is 2. The lowest BCUT2D eigenvalue weighted by Crippen LogP contribution is -2.36. The Balaban J connectivity index is 1.38. The van der Waals surface area contributed by atoms with E-state index in [2.05, 4.69) is 25.4 Å². The van der Waals surface area contributed by atoms with Gasteiger partial charge in [-0.15, -0.1) is 0 Å². The van der Waals surface area contributed by atoms with Crippen LogP contribution in [0.3, 0.4) is 0 Å². The molecule has 2 N–H and O–H groups in total. The molecule has 0 saturated carbocycles. The summed E-state index contributed by atoms with van der Waals surface area (Å²) in [4.78, 5) is 19.0. The molecule has 4 aromatic rings. The van der Waals surface area contributed by atoms with Gasteiger partial charge in [-0.25, -0.2) is 0 Å². The lowest BCUT2D eigenvalue weighted by atomic mass is 10.0. The van der Waals surface area contributed by atoms with Crippen molar-refractivity contribution < 1.29 is 9.53 Å². The standard InChI is InChI=1S/C22H19ClN6O2/c1-31-14-4-2-13(3-5-14)19-10-20(27-26-19)22(30)29-9-7-18-16(12-29)21(28-25-18)15-6-8-24-11-17(15)23/h2-6,8,10-11H,7,9,12H2,1H3,(H,25,28)(H,26,27). The average molecular weight is 435 g/mol. The van der Waals surface area contributed by atoms with E-state index in [-0.39, 0.29) is 5.91 Å². The van der Waals surface area contributed by atoms with Crippen LogP contribution in [0.15, 0.2) is 48.8 Å². The van der Waals surface area contributed by atoms with Crippen molar-refractivity contribution in [3.8, 4) is 28.3 Å². The van der Waals surface area contributed by atoms with Crippen LogP contribution >= 0.6 is 11.6 Å². The first kappa shape index (κ1) is 19.3. The molecule has 31 heavy (non-hydrogen) atoms. The fourth-order valence-corrected chi connectivity index (χ4v) is 3.98. The quantitative estimate of drug-likeness (QED) is 0.510. The predicted octanol–water partition coefficient (Wildman–Crippen LogP) is 3.72. The van der Waals surface area contributed by atoms with E-state index in [9.17, 15) is 4.79 Å². The summed E-state index contributed by atoms with van der Waals surface area (Å²) in [6.45, 7) is 1.03. The molecule has 1 aliphatic rings. The number of carbonyl (C=O) groups excluding carboxylic acids is 1. The number of hydrogen-bond acceptors (Lipinski definition) is 5. The number of carbonyl (C=O) groups is 1. The molecule has 4 heterocycles. The summed E-state index contributed by atoms with van der Waals surface area (Å²) in [6.07, 6.45) is 3.96. The molecule has 0 unspecified atom stereocenters. The van der Waals surface area contributed by atoms with Crippen LogP contribution < -0.4 is 4.74 Å². The van der Waals surface area contributed by atoms with Crippen LogP contribution in [0.2, 0.25) is 5.02 Å². The Bertz CT molecular complexity index is 1250. The second kappa shape index (κ2) is 7.88. The van der Waals surface area contributed by atoms with Gasteiger partial charge < -0.3 is 9.64 Å². The third-order valence-electron chi connectivity index (χ3n) is 5.44. The molecule has 0 atom stereocenters. The van der Waals surface area contributed by atoms with Crippen molar-refractivity contribution in [2.45, 2.75) is 13.0 Å². The normalized spacial score (nSPS) is 13.2. The number of halogens is 1. The summed E-state index contributed by atoms with van der Waals surface area (Å²) in [7, 11) is 1.62. The van der Waals surface area contributed by atoms with Crippen LogP contribution in [0.4, 0.5) is 0 Å². The van der Waals surface area contributed by atoms with Crippen molar-refractivity contribution in [1.82, 2.24) is 30.3 Å². The largest absolute Gasteiger partial charge is 0.497 e. The Morgan fingerprint density at radius 1 is 1.16 bits per heavy atom. The van der Waals surface area contributed by atoms with Crippen molar-refractivity contribution in [2.24, 2.45) is 0 Å². The second-order valence-corrected chi connectivity index (χ2v) is 7.66. The number of nitrogens with one attached hydrogen (secondary N) is 2. The molecule has 156 valence electrons. The van der Waals surface area contributed by atoms with Gasteiger partial charge in [0.1, 0.15) is 11.4 Å². The van der Waals surface area contributed by atoms with Gasteiger partial charge in [-0.3, -0.25) is 20.0 Å². The number of benzene rings is 1. The third-order valence-corrected chi connectivity index (χ3v) is 5.74. The lowest BCUT2D eigenvalue weighted by Gasteiger charge is -2.26. The Labute approximate surface area is 183 Å². The van der Waals surface area contributed by atoms with Crippen molar-refractivity contribution in [3.63, 3.8) is 0 Å². The molecule has 0 bridgehead atoms. The molecule has 8 nitrogen and oxygen atoms in total. The monoisotopic (exact) mass is 434 g/mol. The van der Waals surface area contributed by atoms with E-state index in [0.717, 1.165) is 33.8 Å². The van der Waals surface area contributed by atoms with Crippen LogP contribution in [-0.4, -0.2) is 49.8 Å². The number of fused-ring (bicyclic) bond motifs is 1. The van der Waals surface area contributed by atoms with Crippen molar-refractivity contribution >= 4 is 17.5 Å². The first-order valence-corrected chi connectivity index (χ1v) is 10.2. The van der Waals surface area contributed by atoms with E-state index in [1.165, 1.54) is 0 Å². The SMILES string of the molecule is COc1ccc(-c2cc(C(=O)N3CCc4[nH]nc(-c5ccncc5Cl)c4C3)[nH]n2)cc1. The summed E-state index contributed by atoms with van der Waals surface area (Å²) in [5, 5.41) is 15.3. The number of rotatable bonds is 4. The van der Waals surface area contributed by atoms with Crippen LogP contribution in [-0.2, 0) is 13.0 Å². The molecule has 1 amide bonds. The number of H-pyrrole nitrogens is 2. The minimum atomic E-state index is -0.106. The van der Waals surface area contributed by atoms with E-state index in [4.69, 9.17) is 16.3 Å². The van der Waals surface area contributed by atoms with Crippen molar-refractivity contribution in [2.75, 3.05) is 13.7 Å². The Morgan fingerprint density at radius 3 is 2.77 bits per heavy atom. The zero-order valence-corrected chi connectivity index (χ0v) is 17.5. The number of ether oxygens (including phenoxy) is 1. The highest BCUT2D eigenvalue weighted by atomic mass is 35.5. The van der Waals surface area contributed by atoms with Gasteiger partial charge >= 0.3 is 0 Å². The van der Waals surface area contributed by atoms with E-state index in [1.807, 2.05) is 30.3 Å². The summed E-state index contributed by atoms with van der Waals surface area (Å²) < 4.78 is 5.19. The van der Waals surface area contributed by atoms with E-state index in [1.54, 1.807) is 30.5 Å². The minimum absolute atomic E-state index is 0.106. The minimum Gasteiger partial charge on any atom is -0.497 e. The number of nitrogens with zero attached hydrogens (tertiary/aromatic N) is 4. The molecule has 1 aromatic carbocycles. The maximum absolute atomic E-state index is 13.2. The molecule has 0 fully saturated rings. The van der Waals surface area contributed by atoms with Gasteiger partial charge in [-0.2, -0.15) is 10.2 Å². The van der Waals surface area contributed by atoms with Crippen LogP contribution in [0, 0.1) is 0 Å². The summed E-state index contributed by atoms with van der Waals surface area (Å²) in [5.74, 6) is 0.663. The Hall–Kier alpha value is -3.65. The van der Waals surface area contributed by atoms with Crippen LogP contribution in [0.5, 0.6) is 5.75 Å². The smallest absolute Gasteiger partial charge is 0.272 e. The van der Waals surface area contributed by atoms with Gasteiger partial charge in [0, 0.05) is 47.7 Å². The van der Waals surface area contributed by atoms with Gasteiger partial charge in [-0.1, -0.05) is 11.6 Å². The maximum Gasteiger partial charge on any atom is 0.272 e. The summed E-state index contributed by atoms with van der Waals surface area (Å²) in [6, 6.07) is 11.1. The fourth-order valence-electron chi connectivity index (χ4n) is 3.77. The van der Waals surface area contributed by atoms with Gasteiger partial charge in [0.25, 0.3) is 5.91 Å². The number of aromatic nitrogens is 5. The van der Waals surface area contributed by atoms with Crippen molar-refractivity contribution in [1.29, 1.82) is 0 Å². The molecule has 1 aliphatic heterocycles. The number of amides is 1. The molecule has 0 aliphatic carbocycles. The first-order valence-electron chi connectivity index (χ1n) is 9.79. The topological polar surface area (TPSA) is 99.8 Å². The molecule has 9 heteroatoms. The highest BCUT2D eigenvalue weighted by Gasteiger charge is 2.28. The average Bonchev–Trinajstić information content (AvgIpc) is 3.46. The highest BCUT2D eigenvalue weighted by Crippen LogP contribution is 2.32. The maximum atomic E-state index is 13.2. The second-order valence-electron chi connectivity index (χ2n) is 7.26. The Morgan fingerprint density at radius 2 is 2.00 bits per heavy atom. The molecule has 0 spiro atoms. The van der Waals surface area contributed by atoms with E-state index < -0.39 is 0 Å². The molecule has 0 radical (unpaired) electrons. The van der Waals surface area contributed by atoms with E-state index >= 15 is 0 Å². The van der Waals surface area contributed by atoms with Crippen molar-refractivity contribution in [3.05, 3.63) is 70.8 Å². The molecular formula is C22H19ClN6O2. The van der Waals surface area contributed by atoms with Crippen LogP contribution in [0.25, 0.3) is 22.5 Å². The molecular weight excluding hydrogens is 416 g/mol. The number of methoxy groups -OCH3 is 1. The predicted molar refractivity (Wildman–Crippen MR) is 116 cm³/mol.